The van der Waals surface area contributed by atoms with E-state index in [9.17, 15) is 14.4 Å². The molecule has 0 heterocycles. The number of hydrogen-bond donors (Lipinski definition) is 3. The van der Waals surface area contributed by atoms with Crippen LogP contribution in [-0.4, -0.2) is 38.5 Å². The Morgan fingerprint density at radius 2 is 1.74 bits per heavy atom. The molecule has 0 aromatic heterocycles. The minimum atomic E-state index is -0.617. The molecule has 0 atom stereocenters. The van der Waals surface area contributed by atoms with Crippen LogP contribution in [0.3, 0.4) is 0 Å². The van der Waals surface area contributed by atoms with Gasteiger partial charge in [-0.2, -0.15) is 0 Å². The summed E-state index contributed by atoms with van der Waals surface area (Å²) in [6.07, 6.45) is 0. The van der Waals surface area contributed by atoms with Crippen molar-refractivity contribution in [3.63, 3.8) is 0 Å². The molecule has 3 N–H and O–H groups in total. The highest BCUT2D eigenvalue weighted by molar-refractivity contribution is 5.99. The normalized spacial score (nSPS) is 9.89. The third-order valence-electron chi connectivity index (χ3n) is 3.54. The third kappa shape index (κ3) is 5.46. The Balaban J connectivity index is 2.03. The van der Waals surface area contributed by atoms with Gasteiger partial charge in [-0.25, -0.2) is 4.79 Å². The molecule has 0 radical (unpaired) electrons. The molecule has 0 saturated carbocycles. The zero-order valence-electron chi connectivity index (χ0n) is 15.3. The maximum Gasteiger partial charge on any atom is 0.340 e. The fourth-order valence-corrected chi connectivity index (χ4v) is 2.36. The molecule has 0 unspecified atom stereocenters. The molecular weight excluding hydrogens is 350 g/mol. The van der Waals surface area contributed by atoms with E-state index in [-0.39, 0.29) is 5.91 Å². The molecule has 0 fully saturated rings. The van der Waals surface area contributed by atoms with Crippen LogP contribution >= 0.6 is 0 Å². The van der Waals surface area contributed by atoms with Gasteiger partial charge < -0.3 is 25.4 Å². The van der Waals surface area contributed by atoms with E-state index < -0.39 is 18.5 Å². The monoisotopic (exact) mass is 371 g/mol. The molecule has 2 amide bonds. The molecular formula is C19H21N3O5. The van der Waals surface area contributed by atoms with Crippen molar-refractivity contribution >= 4 is 34.8 Å². The number of methoxy groups -OCH3 is 1. The van der Waals surface area contributed by atoms with Crippen LogP contribution < -0.4 is 20.7 Å². The average molecular weight is 371 g/mol. The molecule has 8 heteroatoms. The second-order valence-corrected chi connectivity index (χ2v) is 5.52. The van der Waals surface area contributed by atoms with Crippen molar-refractivity contribution in [2.45, 2.75) is 6.92 Å². The molecule has 0 bridgehead atoms. The van der Waals surface area contributed by atoms with Crippen LogP contribution in [0.5, 0.6) is 5.75 Å². The summed E-state index contributed by atoms with van der Waals surface area (Å²) in [6.45, 7) is 0.912. The number of ether oxygens (including phenoxy) is 2. The van der Waals surface area contributed by atoms with Gasteiger partial charge in [0.15, 0.2) is 6.61 Å². The van der Waals surface area contributed by atoms with Crippen molar-refractivity contribution in [2.75, 3.05) is 36.7 Å². The number of rotatable bonds is 7. The van der Waals surface area contributed by atoms with Crippen LogP contribution in [0.15, 0.2) is 42.5 Å². The number of carbonyl (C=O) groups excluding carboxylic acids is 3. The van der Waals surface area contributed by atoms with Gasteiger partial charge >= 0.3 is 5.97 Å². The first-order chi connectivity index (χ1) is 12.9. The minimum Gasteiger partial charge on any atom is -0.495 e. The standard InChI is InChI=1S/C19H21N3O5/c1-12(23)21-13-8-9-17(26-3)16(10-13)22-18(24)11-27-19(25)14-6-4-5-7-15(14)20-2/h4-10,20H,11H2,1-3H3,(H,21,23)(H,22,24). The number of anilines is 3. The lowest BCUT2D eigenvalue weighted by Gasteiger charge is -2.13. The van der Waals surface area contributed by atoms with E-state index in [2.05, 4.69) is 16.0 Å². The molecule has 0 aliphatic rings. The zero-order valence-corrected chi connectivity index (χ0v) is 15.3. The van der Waals surface area contributed by atoms with Crippen molar-refractivity contribution in [3.8, 4) is 5.75 Å². The van der Waals surface area contributed by atoms with Gasteiger partial charge in [-0.3, -0.25) is 9.59 Å². The van der Waals surface area contributed by atoms with Gasteiger partial charge in [0.05, 0.1) is 18.4 Å². The first-order valence-corrected chi connectivity index (χ1v) is 8.14. The Morgan fingerprint density at radius 1 is 1.00 bits per heavy atom. The second kappa shape index (κ2) is 9.23. The summed E-state index contributed by atoms with van der Waals surface area (Å²) in [5.74, 6) is -0.989. The lowest BCUT2D eigenvalue weighted by molar-refractivity contribution is -0.119. The number of esters is 1. The van der Waals surface area contributed by atoms with Crippen molar-refractivity contribution in [1.82, 2.24) is 0 Å². The number of hydrogen-bond acceptors (Lipinski definition) is 6. The Kier molecular flexibility index (Phi) is 6.76. The molecule has 2 rings (SSSR count). The summed E-state index contributed by atoms with van der Waals surface area (Å²) in [5, 5.41) is 8.11. The Bertz CT molecular complexity index is 851. The average Bonchev–Trinajstić information content (AvgIpc) is 2.65. The van der Waals surface area contributed by atoms with E-state index in [1.165, 1.54) is 14.0 Å². The largest absolute Gasteiger partial charge is 0.495 e. The van der Waals surface area contributed by atoms with Crippen molar-refractivity contribution in [2.24, 2.45) is 0 Å². The van der Waals surface area contributed by atoms with Crippen LogP contribution in [0.25, 0.3) is 0 Å². The summed E-state index contributed by atoms with van der Waals surface area (Å²) in [6, 6.07) is 11.6. The van der Waals surface area contributed by atoms with Gasteiger partial charge in [0.2, 0.25) is 5.91 Å². The Labute approximate surface area is 156 Å². The van der Waals surface area contributed by atoms with Crippen LogP contribution in [-0.2, 0) is 14.3 Å². The lowest BCUT2D eigenvalue weighted by Crippen LogP contribution is -2.21. The zero-order chi connectivity index (χ0) is 19.8. The summed E-state index contributed by atoms with van der Waals surface area (Å²) in [5.41, 5.74) is 1.78. The number of carbonyl (C=O) groups is 3. The van der Waals surface area contributed by atoms with Crippen LogP contribution in [0.2, 0.25) is 0 Å². The maximum absolute atomic E-state index is 12.2. The Hall–Kier alpha value is -3.55. The lowest BCUT2D eigenvalue weighted by atomic mass is 10.2. The van der Waals surface area contributed by atoms with Gasteiger partial charge in [-0.1, -0.05) is 12.1 Å². The molecule has 2 aromatic rings. The van der Waals surface area contributed by atoms with Crippen molar-refractivity contribution in [3.05, 3.63) is 48.0 Å². The summed E-state index contributed by atoms with van der Waals surface area (Å²) < 4.78 is 10.3. The number of benzene rings is 2. The highest BCUT2D eigenvalue weighted by Gasteiger charge is 2.15. The van der Waals surface area contributed by atoms with Crippen LogP contribution in [0.4, 0.5) is 17.1 Å². The van der Waals surface area contributed by atoms with E-state index in [0.717, 1.165) is 0 Å². The molecule has 2 aromatic carbocycles. The molecule has 0 saturated heterocycles. The summed E-state index contributed by atoms with van der Waals surface area (Å²) in [7, 11) is 3.14. The molecule has 142 valence electrons. The number of para-hydroxylation sites is 1. The minimum absolute atomic E-state index is 0.241. The van der Waals surface area contributed by atoms with E-state index in [1.807, 2.05) is 0 Å². The van der Waals surface area contributed by atoms with Gasteiger partial charge in [0.1, 0.15) is 5.75 Å². The van der Waals surface area contributed by atoms with Gasteiger partial charge in [0, 0.05) is 25.3 Å². The second-order valence-electron chi connectivity index (χ2n) is 5.52. The SMILES string of the molecule is CNc1ccccc1C(=O)OCC(=O)Nc1cc(NC(C)=O)ccc1OC. The first kappa shape index (κ1) is 19.8. The van der Waals surface area contributed by atoms with Gasteiger partial charge in [-0.15, -0.1) is 0 Å². The third-order valence-corrected chi connectivity index (χ3v) is 3.54. The van der Waals surface area contributed by atoms with E-state index in [1.54, 1.807) is 49.5 Å². The van der Waals surface area contributed by atoms with E-state index >= 15 is 0 Å². The highest BCUT2D eigenvalue weighted by atomic mass is 16.5. The molecule has 0 aliphatic carbocycles. The Morgan fingerprint density at radius 3 is 2.41 bits per heavy atom. The molecule has 8 nitrogen and oxygen atoms in total. The number of amides is 2. The topological polar surface area (TPSA) is 106 Å². The molecule has 0 aliphatic heterocycles. The summed E-state index contributed by atoms with van der Waals surface area (Å²) in [4.78, 5) is 35.5. The van der Waals surface area contributed by atoms with E-state index in [4.69, 9.17) is 9.47 Å². The predicted octanol–water partition coefficient (Wildman–Crippen LogP) is 2.49. The summed E-state index contributed by atoms with van der Waals surface area (Å²) >= 11 is 0. The maximum atomic E-state index is 12.2. The van der Waals surface area contributed by atoms with Crippen molar-refractivity contribution in [1.29, 1.82) is 0 Å². The quantitative estimate of drug-likeness (QED) is 0.646. The fraction of sp³-hybridized carbons (Fsp3) is 0.211. The van der Waals surface area contributed by atoms with Gasteiger partial charge in [-0.05, 0) is 30.3 Å². The highest BCUT2D eigenvalue weighted by Crippen LogP contribution is 2.27. The van der Waals surface area contributed by atoms with Crippen molar-refractivity contribution < 1.29 is 23.9 Å². The predicted molar refractivity (Wildman–Crippen MR) is 102 cm³/mol. The molecule has 0 spiro atoms. The molecule has 27 heavy (non-hydrogen) atoms. The van der Waals surface area contributed by atoms with E-state index in [0.29, 0.717) is 28.4 Å². The first-order valence-electron chi connectivity index (χ1n) is 8.14. The fourth-order valence-electron chi connectivity index (χ4n) is 2.36. The number of nitrogens with one attached hydrogen (secondary N) is 3. The van der Waals surface area contributed by atoms with Crippen LogP contribution in [0.1, 0.15) is 17.3 Å². The van der Waals surface area contributed by atoms with Gasteiger partial charge in [0.25, 0.3) is 5.91 Å². The smallest absolute Gasteiger partial charge is 0.340 e. The van der Waals surface area contributed by atoms with Crippen LogP contribution in [0, 0.1) is 0 Å².